The van der Waals surface area contributed by atoms with Gasteiger partial charge >= 0.3 is 12.1 Å². The van der Waals surface area contributed by atoms with Crippen LogP contribution in [0.3, 0.4) is 0 Å². The van der Waals surface area contributed by atoms with Crippen molar-refractivity contribution >= 4 is 35.2 Å². The van der Waals surface area contributed by atoms with Crippen molar-refractivity contribution in [1.29, 1.82) is 0 Å². The third kappa shape index (κ3) is 12.8. The maximum Gasteiger partial charge on any atom is 0.408 e. The van der Waals surface area contributed by atoms with E-state index in [0.29, 0.717) is 24.3 Å². The largest absolute Gasteiger partial charge is 0.466 e. The minimum Gasteiger partial charge on any atom is -0.466 e. The third-order valence-corrected chi connectivity index (χ3v) is 9.20. The molecule has 48 heavy (non-hydrogen) atoms. The highest BCUT2D eigenvalue weighted by Gasteiger charge is 2.35. The van der Waals surface area contributed by atoms with E-state index in [0.717, 1.165) is 5.56 Å². The van der Waals surface area contributed by atoms with Gasteiger partial charge < -0.3 is 30.1 Å². The topological polar surface area (TPSA) is 147 Å². The first-order chi connectivity index (χ1) is 22.5. The molecular weight excluding hydrogens is 632 g/mol. The molecule has 0 saturated heterocycles. The molecule has 3 N–H and O–H groups in total. The Morgan fingerprint density at radius 2 is 1.65 bits per heavy atom. The van der Waals surface area contributed by atoms with Crippen LogP contribution in [0, 0.1) is 17.8 Å². The van der Waals surface area contributed by atoms with E-state index in [1.807, 2.05) is 58.0 Å². The molecule has 2 aromatic rings. The summed E-state index contributed by atoms with van der Waals surface area (Å²) in [5.41, 5.74) is 0.472. The minimum atomic E-state index is -1.04. The Labute approximate surface area is 290 Å². The smallest absolute Gasteiger partial charge is 0.408 e. The summed E-state index contributed by atoms with van der Waals surface area (Å²) in [4.78, 5) is 58.1. The molecule has 2 rings (SSSR count). The number of alkyl carbamates (subject to hydrolysis) is 1. The highest BCUT2D eigenvalue weighted by Crippen LogP contribution is 2.28. The van der Waals surface area contributed by atoms with E-state index in [9.17, 15) is 24.3 Å². The van der Waals surface area contributed by atoms with Crippen molar-refractivity contribution in [3.63, 3.8) is 0 Å². The zero-order valence-corrected chi connectivity index (χ0v) is 31.1. The zero-order valence-electron chi connectivity index (χ0n) is 30.2. The number of carbonyl (C=O) groups excluding carboxylic acids is 4. The number of ether oxygens (including phenoxy) is 2. The first-order valence-electron chi connectivity index (χ1n) is 16.9. The predicted molar refractivity (Wildman–Crippen MR) is 188 cm³/mol. The van der Waals surface area contributed by atoms with Crippen molar-refractivity contribution in [2.45, 2.75) is 118 Å². The molecule has 0 aliphatic rings. The molecule has 1 aromatic heterocycles. The van der Waals surface area contributed by atoms with Crippen LogP contribution in [-0.4, -0.2) is 76.2 Å². The average Bonchev–Trinajstić information content (AvgIpc) is 3.52. The molecule has 268 valence electrons. The molecular formula is C36H56N4O7S. The van der Waals surface area contributed by atoms with Crippen LogP contribution >= 0.6 is 11.3 Å². The Hall–Kier alpha value is -3.51. The lowest BCUT2D eigenvalue weighted by molar-refractivity contribution is -0.147. The van der Waals surface area contributed by atoms with Crippen molar-refractivity contribution < 1.29 is 33.8 Å². The van der Waals surface area contributed by atoms with Crippen LogP contribution < -0.4 is 10.6 Å². The second-order valence-corrected chi connectivity index (χ2v) is 14.7. The van der Waals surface area contributed by atoms with Crippen LogP contribution in [0.25, 0.3) is 0 Å². The Kier molecular flexibility index (Phi) is 16.0. The van der Waals surface area contributed by atoms with E-state index in [1.54, 1.807) is 51.9 Å². The minimum absolute atomic E-state index is 0.0319. The Morgan fingerprint density at radius 3 is 2.21 bits per heavy atom. The second-order valence-electron chi connectivity index (χ2n) is 13.8. The van der Waals surface area contributed by atoms with Gasteiger partial charge in [0.1, 0.15) is 28.4 Å². The molecule has 1 unspecified atom stereocenters. The van der Waals surface area contributed by atoms with Crippen LogP contribution in [0.15, 0.2) is 35.7 Å². The van der Waals surface area contributed by atoms with Crippen LogP contribution in [0.5, 0.6) is 0 Å². The van der Waals surface area contributed by atoms with Gasteiger partial charge in [-0.05, 0) is 57.9 Å². The molecule has 0 saturated carbocycles. The van der Waals surface area contributed by atoms with Crippen molar-refractivity contribution in [3.05, 3.63) is 52.0 Å². The van der Waals surface area contributed by atoms with Crippen molar-refractivity contribution in [2.24, 2.45) is 17.8 Å². The number of likely N-dealkylation sites (N-methyl/N-ethyl adjacent to an activating group) is 1. The summed E-state index contributed by atoms with van der Waals surface area (Å²) in [5, 5.41) is 19.0. The molecule has 3 amide bonds. The fourth-order valence-corrected chi connectivity index (χ4v) is 6.21. The predicted octanol–water partition coefficient (Wildman–Crippen LogP) is 5.92. The van der Waals surface area contributed by atoms with Gasteiger partial charge in [0.2, 0.25) is 5.91 Å². The van der Waals surface area contributed by atoms with Gasteiger partial charge in [-0.1, -0.05) is 71.4 Å². The van der Waals surface area contributed by atoms with Gasteiger partial charge in [-0.25, -0.2) is 9.78 Å². The SMILES string of the molecule is CCOC(=O)[C@@H](C)C[C@H](Cc1ccccc1)NC(=O)c1csc(C(O)C[C@H](C(C)C)N(C)C(=O)[C@@H](NC(=O)OC(C)(C)C)[C@@H](C)CC)n1. The lowest BCUT2D eigenvalue weighted by Crippen LogP contribution is -2.54. The van der Waals surface area contributed by atoms with Crippen LogP contribution in [-0.2, 0) is 25.5 Å². The number of rotatable bonds is 17. The number of nitrogens with one attached hydrogen (secondary N) is 2. The fraction of sp³-hybridized carbons (Fsp3) is 0.639. The molecule has 0 aliphatic carbocycles. The van der Waals surface area contributed by atoms with E-state index in [4.69, 9.17) is 9.47 Å². The zero-order chi connectivity index (χ0) is 36.2. The number of hydrogen-bond acceptors (Lipinski definition) is 9. The molecule has 6 atom stereocenters. The molecule has 0 fully saturated rings. The summed E-state index contributed by atoms with van der Waals surface area (Å²) in [7, 11) is 1.68. The van der Waals surface area contributed by atoms with E-state index in [2.05, 4.69) is 15.6 Å². The van der Waals surface area contributed by atoms with Crippen molar-refractivity contribution in [1.82, 2.24) is 20.5 Å². The second kappa shape index (κ2) is 18.9. The van der Waals surface area contributed by atoms with Crippen molar-refractivity contribution in [2.75, 3.05) is 13.7 Å². The molecule has 0 aliphatic heterocycles. The monoisotopic (exact) mass is 688 g/mol. The number of thiazole rings is 1. The van der Waals surface area contributed by atoms with Crippen molar-refractivity contribution in [3.8, 4) is 0 Å². The molecule has 0 bridgehead atoms. The van der Waals surface area contributed by atoms with Gasteiger partial charge in [-0.3, -0.25) is 14.4 Å². The highest BCUT2D eigenvalue weighted by atomic mass is 32.1. The fourth-order valence-electron chi connectivity index (χ4n) is 5.41. The van der Waals surface area contributed by atoms with Crippen LogP contribution in [0.2, 0.25) is 0 Å². The summed E-state index contributed by atoms with van der Waals surface area (Å²) >= 11 is 1.17. The quantitative estimate of drug-likeness (QED) is 0.174. The number of aliphatic hydroxyl groups is 1. The number of esters is 1. The number of aromatic nitrogens is 1. The number of nitrogens with zero attached hydrogens (tertiary/aromatic N) is 2. The summed E-state index contributed by atoms with van der Waals surface area (Å²) in [6, 6.07) is 8.16. The summed E-state index contributed by atoms with van der Waals surface area (Å²) in [5.74, 6) is -1.60. The molecule has 0 spiro atoms. The van der Waals surface area contributed by atoms with E-state index in [1.165, 1.54) is 11.3 Å². The molecule has 12 heteroatoms. The van der Waals surface area contributed by atoms with E-state index >= 15 is 0 Å². The Balaban J connectivity index is 2.18. The lowest BCUT2D eigenvalue weighted by atomic mass is 9.93. The molecule has 1 aromatic carbocycles. The third-order valence-electron chi connectivity index (χ3n) is 8.26. The first-order valence-corrected chi connectivity index (χ1v) is 17.8. The molecule has 11 nitrogen and oxygen atoms in total. The van der Waals surface area contributed by atoms with Crippen LogP contribution in [0.4, 0.5) is 4.79 Å². The average molecular weight is 689 g/mol. The number of benzene rings is 1. The van der Waals surface area contributed by atoms with Gasteiger partial charge in [0, 0.05) is 30.9 Å². The molecule has 0 radical (unpaired) electrons. The number of aliphatic hydroxyl groups excluding tert-OH is 1. The van der Waals surface area contributed by atoms with Gasteiger partial charge in [0.25, 0.3) is 5.91 Å². The first kappa shape index (κ1) is 40.7. The summed E-state index contributed by atoms with van der Waals surface area (Å²) < 4.78 is 10.6. The van der Waals surface area contributed by atoms with E-state index in [-0.39, 0.29) is 54.5 Å². The standard InChI is InChI=1S/C36H56N4O7S/c1-11-23(5)30(39-35(45)47-36(7,8)9)33(43)40(10)28(22(3)4)20-29(41)32-38-27(21-48-32)31(42)37-26(18-24(6)34(44)46-12-2)19-25-16-14-13-15-17-25/h13-17,21-24,26,28-30,41H,11-12,18-20H2,1-10H3,(H,37,42)(H,39,45)/t23-,24-,26+,28+,29?,30-/m0/s1. The van der Waals surface area contributed by atoms with Crippen LogP contribution in [0.1, 0.15) is 109 Å². The van der Waals surface area contributed by atoms with Gasteiger partial charge in [0.15, 0.2) is 0 Å². The summed E-state index contributed by atoms with van der Waals surface area (Å²) in [6.45, 7) is 16.9. The number of carbonyl (C=O) groups is 4. The lowest BCUT2D eigenvalue weighted by Gasteiger charge is -2.36. The van der Waals surface area contributed by atoms with Gasteiger partial charge in [-0.15, -0.1) is 11.3 Å². The summed E-state index contributed by atoms with van der Waals surface area (Å²) in [6.07, 6.45) is 0.0481. The Morgan fingerprint density at radius 1 is 1.00 bits per heavy atom. The van der Waals surface area contributed by atoms with E-state index < -0.39 is 35.7 Å². The maximum atomic E-state index is 13.8. The molecule has 1 heterocycles. The highest BCUT2D eigenvalue weighted by molar-refractivity contribution is 7.09. The maximum absolute atomic E-state index is 13.8. The van der Waals surface area contributed by atoms with Gasteiger partial charge in [-0.2, -0.15) is 0 Å². The Bertz CT molecular complexity index is 1330. The number of hydrogen-bond donors (Lipinski definition) is 3. The normalized spacial score (nSPS) is 15.4. The number of amides is 3. The van der Waals surface area contributed by atoms with Gasteiger partial charge in [0.05, 0.1) is 12.5 Å².